The van der Waals surface area contributed by atoms with E-state index in [2.05, 4.69) is 10.1 Å². The molecule has 0 saturated heterocycles. The maximum absolute atomic E-state index is 8.51. The van der Waals surface area contributed by atoms with Crippen molar-refractivity contribution in [1.82, 2.24) is 14.8 Å². The third kappa shape index (κ3) is 1.92. The van der Waals surface area contributed by atoms with Gasteiger partial charge >= 0.3 is 0 Å². The molecule has 0 saturated carbocycles. The summed E-state index contributed by atoms with van der Waals surface area (Å²) in [7, 11) is 0. The van der Waals surface area contributed by atoms with Crippen LogP contribution < -0.4 is 0 Å². The first kappa shape index (κ1) is 9.19. The fraction of sp³-hybridized carbons (Fsp3) is 0.125. The number of hydrogen-bond donors (Lipinski definition) is 0. The van der Waals surface area contributed by atoms with Gasteiger partial charge in [-0.05, 0) is 12.1 Å². The third-order valence-corrected chi connectivity index (χ3v) is 2.80. The normalized spacial score (nSPS) is 10.0. The number of nitrogens with zero attached hydrogens (tertiary/aromatic N) is 4. The molecule has 0 aromatic carbocycles. The monoisotopic (exact) mass is 224 g/mol. The standard InChI is InChI=1S/C8H5ClN4S/c9-7-2-1-6(14-7)4-13-5-11-8(3-10)12-13/h1-2,5H,4H2. The van der Waals surface area contributed by atoms with Crippen LogP contribution >= 0.6 is 22.9 Å². The Morgan fingerprint density at radius 2 is 2.43 bits per heavy atom. The Hall–Kier alpha value is -1.38. The first-order chi connectivity index (χ1) is 6.78. The predicted molar refractivity (Wildman–Crippen MR) is 53.2 cm³/mol. The van der Waals surface area contributed by atoms with Gasteiger partial charge in [-0.1, -0.05) is 11.6 Å². The van der Waals surface area contributed by atoms with Gasteiger partial charge in [0.05, 0.1) is 10.9 Å². The van der Waals surface area contributed by atoms with Gasteiger partial charge < -0.3 is 0 Å². The average Bonchev–Trinajstić information content (AvgIpc) is 2.76. The maximum atomic E-state index is 8.51. The van der Waals surface area contributed by atoms with E-state index in [1.165, 1.54) is 17.7 Å². The predicted octanol–water partition coefficient (Wildman–Crippen LogP) is 1.91. The van der Waals surface area contributed by atoms with Gasteiger partial charge in [-0.3, -0.25) is 0 Å². The van der Waals surface area contributed by atoms with Crippen molar-refractivity contribution in [2.24, 2.45) is 0 Å². The van der Waals surface area contributed by atoms with Crippen molar-refractivity contribution >= 4 is 22.9 Å². The number of halogens is 1. The van der Waals surface area contributed by atoms with Crippen LogP contribution in [0.2, 0.25) is 4.34 Å². The molecular weight excluding hydrogens is 220 g/mol. The lowest BCUT2D eigenvalue weighted by Crippen LogP contribution is -1.98. The lowest BCUT2D eigenvalue weighted by molar-refractivity contribution is 0.690. The van der Waals surface area contributed by atoms with Crippen molar-refractivity contribution < 1.29 is 0 Å². The van der Waals surface area contributed by atoms with Gasteiger partial charge in [-0.25, -0.2) is 9.67 Å². The zero-order chi connectivity index (χ0) is 9.97. The number of aromatic nitrogens is 3. The minimum absolute atomic E-state index is 0.188. The van der Waals surface area contributed by atoms with Crippen molar-refractivity contribution in [2.75, 3.05) is 0 Å². The van der Waals surface area contributed by atoms with Crippen LogP contribution in [0.15, 0.2) is 18.5 Å². The highest BCUT2D eigenvalue weighted by Gasteiger charge is 2.02. The Morgan fingerprint density at radius 3 is 3.00 bits per heavy atom. The second-order valence-electron chi connectivity index (χ2n) is 2.58. The molecule has 0 spiro atoms. The van der Waals surface area contributed by atoms with Crippen LogP contribution in [0, 0.1) is 11.3 Å². The molecule has 0 aliphatic carbocycles. The van der Waals surface area contributed by atoms with Crippen LogP contribution in [0.3, 0.4) is 0 Å². The smallest absolute Gasteiger partial charge is 0.246 e. The highest BCUT2D eigenvalue weighted by atomic mass is 35.5. The molecule has 0 bridgehead atoms. The minimum Gasteiger partial charge on any atom is -0.246 e. The summed E-state index contributed by atoms with van der Waals surface area (Å²) in [5.74, 6) is 0.188. The van der Waals surface area contributed by atoms with Gasteiger partial charge in [0.25, 0.3) is 5.82 Å². The van der Waals surface area contributed by atoms with Crippen molar-refractivity contribution in [3.63, 3.8) is 0 Å². The summed E-state index contributed by atoms with van der Waals surface area (Å²) in [5, 5.41) is 12.5. The fourth-order valence-corrected chi connectivity index (χ4v) is 2.10. The van der Waals surface area contributed by atoms with E-state index < -0.39 is 0 Å². The summed E-state index contributed by atoms with van der Waals surface area (Å²) in [4.78, 5) is 4.89. The van der Waals surface area contributed by atoms with Gasteiger partial charge in [0, 0.05) is 4.88 Å². The topological polar surface area (TPSA) is 54.5 Å². The van der Waals surface area contributed by atoms with Crippen LogP contribution in [0.25, 0.3) is 0 Å². The van der Waals surface area contributed by atoms with Crippen LogP contribution in [0.4, 0.5) is 0 Å². The van der Waals surface area contributed by atoms with E-state index in [4.69, 9.17) is 16.9 Å². The Kier molecular flexibility index (Phi) is 2.48. The molecule has 2 heterocycles. The van der Waals surface area contributed by atoms with Gasteiger partial charge in [0.1, 0.15) is 12.4 Å². The summed E-state index contributed by atoms with van der Waals surface area (Å²) in [6.07, 6.45) is 1.53. The van der Waals surface area contributed by atoms with E-state index in [1.807, 2.05) is 18.2 Å². The van der Waals surface area contributed by atoms with Crippen molar-refractivity contribution in [2.45, 2.75) is 6.54 Å². The first-order valence-electron chi connectivity index (χ1n) is 3.81. The van der Waals surface area contributed by atoms with Crippen LogP contribution in [0.1, 0.15) is 10.7 Å². The van der Waals surface area contributed by atoms with Gasteiger partial charge in [0.15, 0.2) is 0 Å². The molecule has 0 amide bonds. The zero-order valence-electron chi connectivity index (χ0n) is 7.01. The second kappa shape index (κ2) is 3.78. The second-order valence-corrected chi connectivity index (χ2v) is 4.38. The molecule has 2 rings (SSSR count). The summed E-state index contributed by atoms with van der Waals surface area (Å²) in [6, 6.07) is 5.64. The number of thiophene rings is 1. The minimum atomic E-state index is 0.188. The highest BCUT2D eigenvalue weighted by molar-refractivity contribution is 7.16. The third-order valence-electron chi connectivity index (χ3n) is 1.58. The summed E-state index contributed by atoms with van der Waals surface area (Å²) in [5.41, 5.74) is 0. The van der Waals surface area contributed by atoms with E-state index in [9.17, 15) is 0 Å². The molecule has 70 valence electrons. The van der Waals surface area contributed by atoms with E-state index >= 15 is 0 Å². The molecule has 14 heavy (non-hydrogen) atoms. The quantitative estimate of drug-likeness (QED) is 0.783. The maximum Gasteiger partial charge on any atom is 0.252 e. The highest BCUT2D eigenvalue weighted by Crippen LogP contribution is 2.21. The van der Waals surface area contributed by atoms with Crippen molar-refractivity contribution in [1.29, 1.82) is 5.26 Å². The number of nitriles is 1. The van der Waals surface area contributed by atoms with Crippen LogP contribution in [-0.4, -0.2) is 14.8 Å². The van der Waals surface area contributed by atoms with Crippen molar-refractivity contribution in [3.8, 4) is 6.07 Å². The SMILES string of the molecule is N#Cc1ncn(Cc2ccc(Cl)s2)n1. The molecule has 0 aliphatic heterocycles. The first-order valence-corrected chi connectivity index (χ1v) is 5.01. The van der Waals surface area contributed by atoms with E-state index in [0.717, 1.165) is 9.21 Å². The van der Waals surface area contributed by atoms with Crippen LogP contribution in [0.5, 0.6) is 0 Å². The van der Waals surface area contributed by atoms with Gasteiger partial charge in [0.2, 0.25) is 0 Å². The molecular formula is C8H5ClN4S. The molecule has 0 aliphatic rings. The molecule has 2 aromatic rings. The summed E-state index contributed by atoms with van der Waals surface area (Å²) >= 11 is 7.27. The van der Waals surface area contributed by atoms with E-state index in [1.54, 1.807) is 4.68 Å². The molecule has 0 radical (unpaired) electrons. The summed E-state index contributed by atoms with van der Waals surface area (Å²) in [6.45, 7) is 0.603. The Morgan fingerprint density at radius 1 is 1.57 bits per heavy atom. The molecule has 0 N–H and O–H groups in total. The molecule has 6 heteroatoms. The molecule has 0 unspecified atom stereocenters. The van der Waals surface area contributed by atoms with Gasteiger partial charge in [-0.15, -0.1) is 16.4 Å². The number of rotatable bonds is 2. The molecule has 0 atom stereocenters. The Labute approximate surface area is 89.4 Å². The van der Waals surface area contributed by atoms with E-state index in [0.29, 0.717) is 6.54 Å². The average molecular weight is 225 g/mol. The molecule has 2 aromatic heterocycles. The molecule has 4 nitrogen and oxygen atoms in total. The summed E-state index contributed by atoms with van der Waals surface area (Å²) < 4.78 is 2.36. The Balaban J connectivity index is 2.15. The van der Waals surface area contributed by atoms with E-state index in [-0.39, 0.29) is 5.82 Å². The fourth-order valence-electron chi connectivity index (χ4n) is 1.02. The largest absolute Gasteiger partial charge is 0.252 e. The lowest BCUT2D eigenvalue weighted by atomic mass is 10.5. The number of hydrogen-bond acceptors (Lipinski definition) is 4. The lowest BCUT2D eigenvalue weighted by Gasteiger charge is -1.94. The van der Waals surface area contributed by atoms with Crippen molar-refractivity contribution in [3.05, 3.63) is 33.5 Å². The Bertz CT molecular complexity index is 481. The molecule has 0 fully saturated rings. The van der Waals surface area contributed by atoms with Gasteiger partial charge in [-0.2, -0.15) is 5.26 Å². The van der Waals surface area contributed by atoms with Crippen LogP contribution in [-0.2, 0) is 6.54 Å². The zero-order valence-corrected chi connectivity index (χ0v) is 8.59.